The first-order chi connectivity index (χ1) is 6.13. The van der Waals surface area contributed by atoms with E-state index in [4.69, 9.17) is 10.2 Å². The monoisotopic (exact) mass is 180 g/mol. The van der Waals surface area contributed by atoms with Gasteiger partial charge in [0.1, 0.15) is 11.5 Å². The summed E-state index contributed by atoms with van der Waals surface area (Å²) in [4.78, 5) is 10.8. The number of phenols is 1. The van der Waals surface area contributed by atoms with Crippen LogP contribution in [-0.2, 0) is 17.8 Å². The van der Waals surface area contributed by atoms with Gasteiger partial charge in [0.2, 0.25) is 0 Å². The van der Waals surface area contributed by atoms with Crippen molar-refractivity contribution in [1.29, 1.82) is 0 Å². The molecule has 3 nitrogen and oxygen atoms in total. The quantitative estimate of drug-likeness (QED) is 0.730. The van der Waals surface area contributed by atoms with Gasteiger partial charge in [0.25, 0.3) is 0 Å². The van der Waals surface area contributed by atoms with E-state index in [9.17, 15) is 4.79 Å². The lowest BCUT2D eigenvalue weighted by molar-refractivity contribution is -0.116. The second-order valence-corrected chi connectivity index (χ2v) is 2.99. The van der Waals surface area contributed by atoms with Crippen LogP contribution in [0, 0.1) is 0 Å². The Kier molecular flexibility index (Phi) is 3.03. The molecule has 0 radical (unpaired) electrons. The average molecular weight is 180 g/mol. The minimum atomic E-state index is -0.108. The van der Waals surface area contributed by atoms with Gasteiger partial charge >= 0.3 is 0 Å². The molecule has 0 saturated carbocycles. The summed E-state index contributed by atoms with van der Waals surface area (Å²) in [5.74, 6) is 0.133. The molecule has 0 saturated heterocycles. The number of benzene rings is 1. The Bertz CT molecular complexity index is 318. The average Bonchev–Trinajstić information content (AvgIpc) is 2.03. The van der Waals surface area contributed by atoms with Gasteiger partial charge in [0.15, 0.2) is 0 Å². The highest BCUT2D eigenvalue weighted by atomic mass is 16.3. The molecule has 0 amide bonds. The number of carbonyl (C=O) groups excluding carboxylic acids is 1. The van der Waals surface area contributed by atoms with E-state index in [0.717, 1.165) is 0 Å². The molecule has 0 aliphatic rings. The second kappa shape index (κ2) is 4.05. The largest absolute Gasteiger partial charge is 0.508 e. The standard InChI is InChI=1S/C10H12O3/c1-7(12)4-9-5-10(13)3-2-8(9)6-11/h2-3,5,11,13H,4,6H2,1H3. The first kappa shape index (κ1) is 9.74. The number of phenolic OH excluding ortho intramolecular Hbond substituents is 1. The maximum absolute atomic E-state index is 10.8. The maximum Gasteiger partial charge on any atom is 0.134 e. The molecule has 70 valence electrons. The molecule has 0 aliphatic heterocycles. The third-order valence-electron chi connectivity index (χ3n) is 1.80. The van der Waals surface area contributed by atoms with Crippen LogP contribution in [0.5, 0.6) is 5.75 Å². The highest BCUT2D eigenvalue weighted by Crippen LogP contribution is 2.17. The lowest BCUT2D eigenvalue weighted by Gasteiger charge is -2.05. The Morgan fingerprint density at radius 1 is 1.38 bits per heavy atom. The summed E-state index contributed by atoms with van der Waals surface area (Å²) < 4.78 is 0. The summed E-state index contributed by atoms with van der Waals surface area (Å²) in [6.07, 6.45) is 0.254. The molecular weight excluding hydrogens is 168 g/mol. The Hall–Kier alpha value is -1.35. The van der Waals surface area contributed by atoms with Gasteiger partial charge in [-0.2, -0.15) is 0 Å². The van der Waals surface area contributed by atoms with Gasteiger partial charge in [-0.15, -0.1) is 0 Å². The summed E-state index contributed by atoms with van der Waals surface area (Å²) in [5.41, 5.74) is 1.38. The summed E-state index contributed by atoms with van der Waals surface area (Å²) in [7, 11) is 0. The van der Waals surface area contributed by atoms with Crippen LogP contribution in [0.2, 0.25) is 0 Å². The van der Waals surface area contributed by atoms with Crippen molar-refractivity contribution in [3.05, 3.63) is 29.3 Å². The molecule has 1 aromatic carbocycles. The summed E-state index contributed by atoms with van der Waals surface area (Å²) in [6, 6.07) is 4.62. The summed E-state index contributed by atoms with van der Waals surface area (Å²) >= 11 is 0. The number of rotatable bonds is 3. The van der Waals surface area contributed by atoms with Crippen LogP contribution in [0.1, 0.15) is 18.1 Å². The zero-order valence-electron chi connectivity index (χ0n) is 7.45. The molecular formula is C10H12O3. The number of ketones is 1. The maximum atomic E-state index is 10.8. The summed E-state index contributed by atoms with van der Waals surface area (Å²) in [6.45, 7) is 1.37. The van der Waals surface area contributed by atoms with Crippen molar-refractivity contribution in [3.63, 3.8) is 0 Å². The number of hydrogen-bond donors (Lipinski definition) is 2. The van der Waals surface area contributed by atoms with Crippen molar-refractivity contribution in [2.24, 2.45) is 0 Å². The van der Waals surface area contributed by atoms with Crippen molar-refractivity contribution in [2.45, 2.75) is 20.0 Å². The smallest absolute Gasteiger partial charge is 0.134 e. The molecule has 0 heterocycles. The molecule has 3 heteroatoms. The van der Waals surface area contributed by atoms with E-state index in [2.05, 4.69) is 0 Å². The Labute approximate surface area is 76.6 Å². The zero-order chi connectivity index (χ0) is 9.84. The Morgan fingerprint density at radius 2 is 2.08 bits per heavy atom. The van der Waals surface area contributed by atoms with Crippen LogP contribution in [0.25, 0.3) is 0 Å². The normalized spacial score (nSPS) is 10.0. The van der Waals surface area contributed by atoms with Gasteiger partial charge in [-0.25, -0.2) is 0 Å². The van der Waals surface area contributed by atoms with Crippen molar-refractivity contribution in [2.75, 3.05) is 0 Å². The predicted octanol–water partition coefficient (Wildman–Crippen LogP) is 1.02. The van der Waals surface area contributed by atoms with E-state index in [1.54, 1.807) is 6.07 Å². The molecule has 1 aromatic rings. The summed E-state index contributed by atoms with van der Waals surface area (Å²) in [5, 5.41) is 18.1. The minimum absolute atomic E-state index is 0.0142. The third kappa shape index (κ3) is 2.56. The number of aliphatic hydroxyl groups is 1. The lowest BCUT2D eigenvalue weighted by Crippen LogP contribution is -2.00. The van der Waals surface area contributed by atoms with E-state index in [-0.39, 0.29) is 24.6 Å². The van der Waals surface area contributed by atoms with Gasteiger partial charge in [-0.05, 0) is 30.2 Å². The highest BCUT2D eigenvalue weighted by Gasteiger charge is 2.04. The van der Waals surface area contributed by atoms with Crippen LogP contribution >= 0.6 is 0 Å². The molecule has 0 fully saturated rings. The fourth-order valence-electron chi connectivity index (χ4n) is 1.20. The van der Waals surface area contributed by atoms with Crippen LogP contribution in [-0.4, -0.2) is 16.0 Å². The van der Waals surface area contributed by atoms with Gasteiger partial charge in [-0.3, -0.25) is 4.79 Å². The molecule has 0 aromatic heterocycles. The topological polar surface area (TPSA) is 57.5 Å². The van der Waals surface area contributed by atoms with Crippen LogP contribution in [0.3, 0.4) is 0 Å². The molecule has 0 unspecified atom stereocenters. The number of aliphatic hydroxyl groups excluding tert-OH is 1. The number of carbonyl (C=O) groups is 1. The molecule has 0 spiro atoms. The molecule has 0 aliphatic carbocycles. The first-order valence-electron chi connectivity index (χ1n) is 4.04. The lowest BCUT2D eigenvalue weighted by atomic mass is 10.0. The van der Waals surface area contributed by atoms with E-state index < -0.39 is 0 Å². The molecule has 13 heavy (non-hydrogen) atoms. The molecule has 1 rings (SSSR count). The third-order valence-corrected chi connectivity index (χ3v) is 1.80. The molecule has 0 atom stereocenters. The van der Waals surface area contributed by atoms with Gasteiger partial charge in [-0.1, -0.05) is 6.07 Å². The van der Waals surface area contributed by atoms with Crippen LogP contribution < -0.4 is 0 Å². The molecule has 2 N–H and O–H groups in total. The molecule has 0 bridgehead atoms. The first-order valence-corrected chi connectivity index (χ1v) is 4.04. The van der Waals surface area contributed by atoms with E-state index >= 15 is 0 Å². The number of hydrogen-bond acceptors (Lipinski definition) is 3. The van der Waals surface area contributed by atoms with Crippen molar-refractivity contribution < 1.29 is 15.0 Å². The second-order valence-electron chi connectivity index (χ2n) is 2.99. The zero-order valence-corrected chi connectivity index (χ0v) is 7.45. The minimum Gasteiger partial charge on any atom is -0.508 e. The van der Waals surface area contributed by atoms with Crippen molar-refractivity contribution >= 4 is 5.78 Å². The van der Waals surface area contributed by atoms with Crippen molar-refractivity contribution in [3.8, 4) is 5.75 Å². The van der Waals surface area contributed by atoms with Gasteiger partial charge in [0, 0.05) is 6.42 Å². The highest BCUT2D eigenvalue weighted by molar-refractivity contribution is 5.78. The Balaban J connectivity index is 3.01. The SMILES string of the molecule is CC(=O)Cc1cc(O)ccc1CO. The Morgan fingerprint density at radius 3 is 2.62 bits per heavy atom. The van der Waals surface area contributed by atoms with Crippen LogP contribution in [0.15, 0.2) is 18.2 Å². The van der Waals surface area contributed by atoms with E-state index in [1.165, 1.54) is 19.1 Å². The number of Topliss-reactive ketones (excluding diaryl/α,β-unsaturated/α-hetero) is 1. The van der Waals surface area contributed by atoms with E-state index in [1.807, 2.05) is 0 Å². The van der Waals surface area contributed by atoms with Crippen LogP contribution in [0.4, 0.5) is 0 Å². The van der Waals surface area contributed by atoms with Gasteiger partial charge in [0.05, 0.1) is 6.61 Å². The predicted molar refractivity (Wildman–Crippen MR) is 48.4 cm³/mol. The van der Waals surface area contributed by atoms with E-state index in [0.29, 0.717) is 11.1 Å². The fraction of sp³-hybridized carbons (Fsp3) is 0.300. The van der Waals surface area contributed by atoms with Crippen molar-refractivity contribution in [1.82, 2.24) is 0 Å². The fourth-order valence-corrected chi connectivity index (χ4v) is 1.20. The van der Waals surface area contributed by atoms with Gasteiger partial charge < -0.3 is 10.2 Å². The number of aromatic hydroxyl groups is 1.